The zero-order chi connectivity index (χ0) is 10.8. The van der Waals surface area contributed by atoms with Crippen LogP contribution in [0.5, 0.6) is 0 Å². The molecule has 1 saturated heterocycles. The molecule has 1 aromatic rings. The predicted octanol–water partition coefficient (Wildman–Crippen LogP) is 1.42. The summed E-state index contributed by atoms with van der Waals surface area (Å²) in [7, 11) is 0. The Morgan fingerprint density at radius 2 is 2.06 bits per heavy atom. The molecule has 1 aliphatic heterocycles. The highest BCUT2D eigenvalue weighted by molar-refractivity contribution is 5.25. The summed E-state index contributed by atoms with van der Waals surface area (Å²) in [5, 5.41) is 2.50. The molecule has 0 bridgehead atoms. The number of hydrogen-bond donors (Lipinski definition) is 1. The van der Waals surface area contributed by atoms with Gasteiger partial charge in [-0.1, -0.05) is 30.3 Å². The van der Waals surface area contributed by atoms with Crippen LogP contribution in [0, 0.1) is 0 Å². The number of nitrogens with two attached hydrogens (primary N) is 1. The van der Waals surface area contributed by atoms with Gasteiger partial charge >= 0.3 is 0 Å². The lowest BCUT2D eigenvalue weighted by molar-refractivity contribution is -0.727. The standard InChI is InChI=1S/C14H19NO/c1-2-6-12(7-3-1)14-9-5-4-8-13(14)15-10-11-16-14/h1-3,6-7,13,15H,4-5,8-11H2/p+1/t13-,14-/m0/s1. The normalized spacial score (nSPS) is 34.4. The SMILES string of the molecule is c1ccc([C@@]23CCCC[C@@H]2[NH2+]CCO3)cc1. The van der Waals surface area contributed by atoms with Gasteiger partial charge in [-0.15, -0.1) is 0 Å². The number of fused-ring (bicyclic) bond motifs is 1. The van der Waals surface area contributed by atoms with Gasteiger partial charge < -0.3 is 10.1 Å². The molecule has 2 nitrogen and oxygen atoms in total. The Balaban J connectivity index is 1.98. The zero-order valence-corrected chi connectivity index (χ0v) is 9.69. The molecule has 86 valence electrons. The van der Waals surface area contributed by atoms with Crippen molar-refractivity contribution in [1.29, 1.82) is 0 Å². The van der Waals surface area contributed by atoms with Crippen LogP contribution in [0.3, 0.4) is 0 Å². The monoisotopic (exact) mass is 218 g/mol. The number of benzene rings is 1. The van der Waals surface area contributed by atoms with Gasteiger partial charge in [0.25, 0.3) is 0 Å². The van der Waals surface area contributed by atoms with E-state index in [0.717, 1.165) is 13.2 Å². The van der Waals surface area contributed by atoms with Crippen LogP contribution < -0.4 is 5.32 Å². The second-order valence-electron chi connectivity index (χ2n) is 4.98. The molecule has 2 fully saturated rings. The van der Waals surface area contributed by atoms with Crippen molar-refractivity contribution in [2.45, 2.75) is 37.3 Å². The second-order valence-corrected chi connectivity index (χ2v) is 4.98. The van der Waals surface area contributed by atoms with Gasteiger partial charge in [-0.05, 0) is 24.8 Å². The number of rotatable bonds is 1. The number of ether oxygens (including phenoxy) is 1. The molecule has 2 N–H and O–H groups in total. The number of quaternary nitrogens is 1. The van der Waals surface area contributed by atoms with Crippen LogP contribution in [-0.2, 0) is 10.3 Å². The smallest absolute Gasteiger partial charge is 0.145 e. The fourth-order valence-electron chi connectivity index (χ4n) is 3.33. The van der Waals surface area contributed by atoms with Gasteiger partial charge in [0.05, 0.1) is 13.2 Å². The van der Waals surface area contributed by atoms with Gasteiger partial charge in [-0.2, -0.15) is 0 Å². The summed E-state index contributed by atoms with van der Waals surface area (Å²) in [4.78, 5) is 0. The van der Waals surface area contributed by atoms with Gasteiger partial charge in [0.15, 0.2) is 0 Å². The molecule has 2 aliphatic rings. The van der Waals surface area contributed by atoms with E-state index in [1.807, 2.05) is 0 Å². The maximum absolute atomic E-state index is 6.22. The molecule has 16 heavy (non-hydrogen) atoms. The minimum absolute atomic E-state index is 0.0117. The van der Waals surface area contributed by atoms with E-state index in [-0.39, 0.29) is 5.60 Å². The van der Waals surface area contributed by atoms with Crippen LogP contribution in [0.25, 0.3) is 0 Å². The largest absolute Gasteiger partial charge is 0.358 e. The van der Waals surface area contributed by atoms with Gasteiger partial charge in [-0.25, -0.2) is 0 Å². The first-order valence-electron chi connectivity index (χ1n) is 6.45. The fraction of sp³-hybridized carbons (Fsp3) is 0.571. The van der Waals surface area contributed by atoms with Crippen LogP contribution in [0.1, 0.15) is 31.2 Å². The van der Waals surface area contributed by atoms with E-state index < -0.39 is 0 Å². The topological polar surface area (TPSA) is 25.8 Å². The van der Waals surface area contributed by atoms with E-state index in [4.69, 9.17) is 4.74 Å². The summed E-state index contributed by atoms with van der Waals surface area (Å²) in [5.41, 5.74) is 1.40. The Morgan fingerprint density at radius 3 is 2.94 bits per heavy atom. The molecule has 3 rings (SSSR count). The van der Waals surface area contributed by atoms with Crippen LogP contribution in [0.2, 0.25) is 0 Å². The van der Waals surface area contributed by atoms with Gasteiger partial charge in [0, 0.05) is 6.42 Å². The van der Waals surface area contributed by atoms with Crippen molar-refractivity contribution in [3.8, 4) is 0 Å². The molecule has 2 atom stereocenters. The van der Waals surface area contributed by atoms with Crippen molar-refractivity contribution in [1.82, 2.24) is 0 Å². The van der Waals surface area contributed by atoms with Crippen LogP contribution in [0.4, 0.5) is 0 Å². The highest BCUT2D eigenvalue weighted by Crippen LogP contribution is 2.39. The van der Waals surface area contributed by atoms with Crippen molar-refractivity contribution in [3.05, 3.63) is 35.9 Å². The number of morpholine rings is 1. The molecule has 0 amide bonds. The zero-order valence-electron chi connectivity index (χ0n) is 9.69. The third-order valence-corrected chi connectivity index (χ3v) is 4.10. The molecule has 1 aromatic carbocycles. The molecular weight excluding hydrogens is 198 g/mol. The molecule has 1 saturated carbocycles. The minimum Gasteiger partial charge on any atom is -0.358 e. The van der Waals surface area contributed by atoms with Gasteiger partial charge in [0.1, 0.15) is 11.6 Å². The summed E-state index contributed by atoms with van der Waals surface area (Å²) in [6, 6.07) is 11.5. The first-order chi connectivity index (χ1) is 7.92. The van der Waals surface area contributed by atoms with Crippen molar-refractivity contribution in [3.63, 3.8) is 0 Å². The molecule has 1 aliphatic carbocycles. The highest BCUT2D eigenvalue weighted by Gasteiger charge is 2.47. The lowest BCUT2D eigenvalue weighted by Gasteiger charge is -2.45. The van der Waals surface area contributed by atoms with E-state index in [1.54, 1.807) is 0 Å². The Hall–Kier alpha value is -0.860. The third-order valence-electron chi connectivity index (χ3n) is 4.10. The maximum atomic E-state index is 6.22. The fourth-order valence-corrected chi connectivity index (χ4v) is 3.33. The van der Waals surface area contributed by atoms with Crippen molar-refractivity contribution >= 4 is 0 Å². The highest BCUT2D eigenvalue weighted by atomic mass is 16.5. The lowest BCUT2D eigenvalue weighted by Crippen LogP contribution is -2.97. The van der Waals surface area contributed by atoms with Crippen LogP contribution in [-0.4, -0.2) is 19.2 Å². The summed E-state index contributed by atoms with van der Waals surface area (Å²) in [6.07, 6.45) is 5.16. The van der Waals surface area contributed by atoms with Crippen LogP contribution >= 0.6 is 0 Å². The average molecular weight is 218 g/mol. The Kier molecular flexibility index (Phi) is 2.70. The Bertz CT molecular complexity index is 337. The van der Waals surface area contributed by atoms with Crippen molar-refractivity contribution in [2.24, 2.45) is 0 Å². The molecule has 0 aromatic heterocycles. The van der Waals surface area contributed by atoms with E-state index in [1.165, 1.54) is 31.2 Å². The first kappa shape index (κ1) is 10.3. The summed E-state index contributed by atoms with van der Waals surface area (Å²) in [5.74, 6) is 0. The molecular formula is C14H20NO+. The Labute approximate surface area is 97.0 Å². The van der Waals surface area contributed by atoms with E-state index in [0.29, 0.717) is 6.04 Å². The lowest BCUT2D eigenvalue weighted by atomic mass is 9.75. The molecule has 2 heteroatoms. The van der Waals surface area contributed by atoms with E-state index in [2.05, 4.69) is 35.6 Å². The molecule has 0 radical (unpaired) electrons. The molecule has 1 heterocycles. The quantitative estimate of drug-likeness (QED) is 0.758. The van der Waals surface area contributed by atoms with E-state index >= 15 is 0 Å². The summed E-state index contributed by atoms with van der Waals surface area (Å²) < 4.78 is 6.22. The Morgan fingerprint density at radius 1 is 1.19 bits per heavy atom. The summed E-state index contributed by atoms with van der Waals surface area (Å²) >= 11 is 0. The molecule has 0 unspecified atom stereocenters. The van der Waals surface area contributed by atoms with Crippen LogP contribution in [0.15, 0.2) is 30.3 Å². The van der Waals surface area contributed by atoms with Gasteiger partial charge in [-0.3, -0.25) is 0 Å². The predicted molar refractivity (Wildman–Crippen MR) is 63.1 cm³/mol. The van der Waals surface area contributed by atoms with E-state index in [9.17, 15) is 0 Å². The first-order valence-corrected chi connectivity index (χ1v) is 6.45. The van der Waals surface area contributed by atoms with Crippen molar-refractivity contribution < 1.29 is 10.1 Å². The summed E-state index contributed by atoms with van der Waals surface area (Å²) in [6.45, 7) is 2.02. The number of hydrogen-bond acceptors (Lipinski definition) is 1. The maximum Gasteiger partial charge on any atom is 0.145 e. The minimum atomic E-state index is 0.0117. The third kappa shape index (κ3) is 1.57. The van der Waals surface area contributed by atoms with Crippen molar-refractivity contribution in [2.75, 3.05) is 13.2 Å². The second kappa shape index (κ2) is 4.19. The average Bonchev–Trinajstić information content (AvgIpc) is 2.40. The molecule has 0 spiro atoms. The van der Waals surface area contributed by atoms with Gasteiger partial charge in [0.2, 0.25) is 0 Å².